The van der Waals surface area contributed by atoms with Crippen molar-refractivity contribution >= 4 is 29.2 Å². The summed E-state index contributed by atoms with van der Waals surface area (Å²) in [5.74, 6) is 1.37. The first kappa shape index (κ1) is 13.4. The first-order valence-electron chi connectivity index (χ1n) is 5.38. The van der Waals surface area contributed by atoms with Crippen LogP contribution in [0.15, 0.2) is 29.2 Å². The maximum atomic E-state index is 7.92. The van der Waals surface area contributed by atoms with Crippen molar-refractivity contribution in [3.8, 4) is 0 Å². The van der Waals surface area contributed by atoms with Crippen LogP contribution >= 0.6 is 23.4 Å². The number of nitrogens with zero attached hydrogens (tertiary/aromatic N) is 1. The van der Waals surface area contributed by atoms with Crippen LogP contribution in [0, 0.1) is 5.41 Å². The Bertz CT molecular complexity index is 351. The number of hydrogen-bond donors (Lipinski definition) is 1. The van der Waals surface area contributed by atoms with Gasteiger partial charge in [-0.1, -0.05) is 17.7 Å². The van der Waals surface area contributed by atoms with Crippen LogP contribution in [0.5, 0.6) is 0 Å². The highest BCUT2D eigenvalue weighted by Gasteiger charge is 2.05. The van der Waals surface area contributed by atoms with Crippen molar-refractivity contribution in [3.63, 3.8) is 0 Å². The minimum absolute atomic E-state index is 0.676. The fourth-order valence-corrected chi connectivity index (χ4v) is 2.53. The maximum absolute atomic E-state index is 7.92. The van der Waals surface area contributed by atoms with Crippen LogP contribution in [0.1, 0.15) is 13.8 Å². The minimum Gasteiger partial charge on any atom is -0.360 e. The van der Waals surface area contributed by atoms with Crippen LogP contribution in [0.3, 0.4) is 0 Å². The first-order chi connectivity index (χ1) is 7.67. The molecule has 88 valence electrons. The molecule has 16 heavy (non-hydrogen) atoms. The standard InChI is InChI=1S/C12H17ClN2S/c1-3-15(4-2)12(14)9-16-11-7-5-6-10(13)8-11/h5-8,14H,3-4,9H2,1-2H3. The van der Waals surface area contributed by atoms with Crippen LogP contribution in [0.4, 0.5) is 0 Å². The number of thioether (sulfide) groups is 1. The second-order valence-electron chi connectivity index (χ2n) is 3.37. The molecule has 0 saturated heterocycles. The predicted molar refractivity (Wildman–Crippen MR) is 72.8 cm³/mol. The molecule has 0 bridgehead atoms. The summed E-state index contributed by atoms with van der Waals surface area (Å²) in [4.78, 5) is 3.17. The maximum Gasteiger partial charge on any atom is 0.106 e. The summed E-state index contributed by atoms with van der Waals surface area (Å²) in [5, 5.41) is 8.67. The van der Waals surface area contributed by atoms with E-state index in [-0.39, 0.29) is 0 Å². The number of nitrogens with one attached hydrogen (secondary N) is 1. The Hall–Kier alpha value is -0.670. The molecule has 0 aliphatic rings. The van der Waals surface area contributed by atoms with Gasteiger partial charge in [-0.3, -0.25) is 5.41 Å². The molecule has 1 N–H and O–H groups in total. The van der Waals surface area contributed by atoms with E-state index in [1.807, 2.05) is 24.3 Å². The molecule has 0 heterocycles. The molecular formula is C12H17ClN2S. The Kier molecular flexibility index (Phi) is 5.71. The van der Waals surface area contributed by atoms with Crippen molar-refractivity contribution in [2.24, 2.45) is 0 Å². The molecular weight excluding hydrogens is 240 g/mol. The van der Waals surface area contributed by atoms with Gasteiger partial charge < -0.3 is 4.90 Å². The van der Waals surface area contributed by atoms with Gasteiger partial charge in [0.05, 0.1) is 5.75 Å². The monoisotopic (exact) mass is 256 g/mol. The summed E-state index contributed by atoms with van der Waals surface area (Å²) in [5.41, 5.74) is 0. The van der Waals surface area contributed by atoms with Crippen LogP contribution < -0.4 is 0 Å². The summed E-state index contributed by atoms with van der Waals surface area (Å²) in [6, 6.07) is 7.75. The molecule has 2 nitrogen and oxygen atoms in total. The zero-order chi connectivity index (χ0) is 12.0. The molecule has 0 saturated carbocycles. The third kappa shape index (κ3) is 4.06. The van der Waals surface area contributed by atoms with Crippen molar-refractivity contribution < 1.29 is 0 Å². The molecule has 0 radical (unpaired) electrons. The van der Waals surface area contributed by atoms with Gasteiger partial charge in [-0.15, -0.1) is 11.8 Å². The quantitative estimate of drug-likeness (QED) is 0.494. The largest absolute Gasteiger partial charge is 0.360 e. The van der Waals surface area contributed by atoms with E-state index in [0.29, 0.717) is 11.6 Å². The van der Waals surface area contributed by atoms with E-state index < -0.39 is 0 Å². The Morgan fingerprint density at radius 1 is 1.38 bits per heavy atom. The molecule has 0 unspecified atom stereocenters. The van der Waals surface area contributed by atoms with Crippen molar-refractivity contribution in [2.45, 2.75) is 18.7 Å². The summed E-state index contributed by atoms with van der Waals surface area (Å²) >= 11 is 7.55. The fraction of sp³-hybridized carbons (Fsp3) is 0.417. The van der Waals surface area contributed by atoms with Gasteiger partial charge in [0.15, 0.2) is 0 Å². The van der Waals surface area contributed by atoms with Crippen LogP contribution in [-0.4, -0.2) is 29.6 Å². The summed E-state index contributed by atoms with van der Waals surface area (Å²) in [7, 11) is 0. The smallest absolute Gasteiger partial charge is 0.106 e. The third-order valence-electron chi connectivity index (χ3n) is 2.32. The highest BCUT2D eigenvalue weighted by Crippen LogP contribution is 2.21. The number of amidine groups is 1. The lowest BCUT2D eigenvalue weighted by atomic mass is 10.4. The molecule has 4 heteroatoms. The Morgan fingerprint density at radius 3 is 2.62 bits per heavy atom. The Labute approximate surface area is 106 Å². The lowest BCUT2D eigenvalue weighted by Crippen LogP contribution is -2.31. The predicted octanol–water partition coefficient (Wildman–Crippen LogP) is 3.75. The van der Waals surface area contributed by atoms with Gasteiger partial charge in [0.2, 0.25) is 0 Å². The molecule has 1 aromatic rings. The first-order valence-corrected chi connectivity index (χ1v) is 6.74. The third-order valence-corrected chi connectivity index (χ3v) is 3.56. The molecule has 0 atom stereocenters. The Morgan fingerprint density at radius 2 is 2.06 bits per heavy atom. The Balaban J connectivity index is 2.48. The van der Waals surface area contributed by atoms with Crippen molar-refractivity contribution in [1.82, 2.24) is 4.90 Å². The van der Waals surface area contributed by atoms with Crippen LogP contribution in [-0.2, 0) is 0 Å². The normalized spacial score (nSPS) is 10.2. The zero-order valence-corrected chi connectivity index (χ0v) is 11.2. The number of halogens is 1. The average Bonchev–Trinajstić information content (AvgIpc) is 2.28. The van der Waals surface area contributed by atoms with Gasteiger partial charge in [0, 0.05) is 23.0 Å². The fourth-order valence-electron chi connectivity index (χ4n) is 1.41. The lowest BCUT2D eigenvalue weighted by molar-refractivity contribution is 0.461. The van der Waals surface area contributed by atoms with E-state index in [2.05, 4.69) is 18.7 Å². The van der Waals surface area contributed by atoms with Gasteiger partial charge in [-0.25, -0.2) is 0 Å². The second-order valence-corrected chi connectivity index (χ2v) is 4.85. The average molecular weight is 257 g/mol. The molecule has 0 amide bonds. The van der Waals surface area contributed by atoms with Gasteiger partial charge in [-0.2, -0.15) is 0 Å². The van der Waals surface area contributed by atoms with E-state index in [1.54, 1.807) is 11.8 Å². The molecule has 0 aliphatic carbocycles. The minimum atomic E-state index is 0.676. The SMILES string of the molecule is CCN(CC)C(=N)CSc1cccc(Cl)c1. The summed E-state index contributed by atoms with van der Waals surface area (Å²) in [6.45, 7) is 5.93. The van der Waals surface area contributed by atoms with E-state index in [9.17, 15) is 0 Å². The highest BCUT2D eigenvalue weighted by atomic mass is 35.5. The van der Waals surface area contributed by atoms with Crippen LogP contribution in [0.2, 0.25) is 5.02 Å². The van der Waals surface area contributed by atoms with E-state index in [1.165, 1.54) is 0 Å². The number of hydrogen-bond acceptors (Lipinski definition) is 2. The topological polar surface area (TPSA) is 27.1 Å². The van der Waals surface area contributed by atoms with Crippen molar-refractivity contribution in [1.29, 1.82) is 5.41 Å². The molecule has 1 aromatic carbocycles. The zero-order valence-electron chi connectivity index (χ0n) is 9.66. The highest BCUT2D eigenvalue weighted by molar-refractivity contribution is 8.00. The lowest BCUT2D eigenvalue weighted by Gasteiger charge is -2.21. The number of benzene rings is 1. The van der Waals surface area contributed by atoms with Crippen LogP contribution in [0.25, 0.3) is 0 Å². The van der Waals surface area contributed by atoms with E-state index >= 15 is 0 Å². The van der Waals surface area contributed by atoms with Gasteiger partial charge in [0.1, 0.15) is 5.84 Å². The number of rotatable bonds is 5. The molecule has 1 rings (SSSR count). The van der Waals surface area contributed by atoms with Gasteiger partial charge in [-0.05, 0) is 32.0 Å². The molecule has 0 spiro atoms. The molecule has 0 aromatic heterocycles. The summed E-state index contributed by atoms with van der Waals surface area (Å²) in [6.07, 6.45) is 0. The van der Waals surface area contributed by atoms with Crippen molar-refractivity contribution in [3.05, 3.63) is 29.3 Å². The second kappa shape index (κ2) is 6.81. The van der Waals surface area contributed by atoms with E-state index in [4.69, 9.17) is 17.0 Å². The van der Waals surface area contributed by atoms with Crippen molar-refractivity contribution in [2.75, 3.05) is 18.8 Å². The van der Waals surface area contributed by atoms with Gasteiger partial charge in [0.25, 0.3) is 0 Å². The van der Waals surface area contributed by atoms with Gasteiger partial charge >= 0.3 is 0 Å². The molecule has 0 fully saturated rings. The van der Waals surface area contributed by atoms with E-state index in [0.717, 1.165) is 23.0 Å². The molecule has 0 aliphatic heterocycles. The summed E-state index contributed by atoms with van der Waals surface area (Å²) < 4.78 is 0.